The molecule has 0 aliphatic heterocycles. The fraction of sp³-hybridized carbons (Fsp3) is 0.333. The number of carbonyl (C=O) groups is 1. The Morgan fingerprint density at radius 2 is 2.00 bits per heavy atom. The Bertz CT molecular complexity index is 859. The number of hydrogen-bond donors (Lipinski definition) is 1. The van der Waals surface area contributed by atoms with Gasteiger partial charge in [-0.2, -0.15) is 0 Å². The molecular formula is C21H23N3OS. The monoisotopic (exact) mass is 365 g/mol. The van der Waals surface area contributed by atoms with Crippen LogP contribution in [-0.2, 0) is 19.3 Å². The Morgan fingerprint density at radius 3 is 2.85 bits per heavy atom. The molecule has 0 fully saturated rings. The van der Waals surface area contributed by atoms with Gasteiger partial charge in [0, 0.05) is 41.5 Å². The van der Waals surface area contributed by atoms with Gasteiger partial charge in [0.2, 0.25) is 0 Å². The Hall–Kier alpha value is -2.40. The van der Waals surface area contributed by atoms with Gasteiger partial charge in [0.1, 0.15) is 0 Å². The van der Waals surface area contributed by atoms with Crippen LogP contribution in [0.25, 0.3) is 5.69 Å². The molecule has 0 bridgehead atoms. The van der Waals surface area contributed by atoms with Crippen molar-refractivity contribution in [1.29, 1.82) is 0 Å². The maximum Gasteiger partial charge on any atom is 0.251 e. The van der Waals surface area contributed by atoms with Crippen molar-refractivity contribution in [1.82, 2.24) is 14.9 Å². The minimum absolute atomic E-state index is 0.0163. The molecule has 0 radical (unpaired) electrons. The van der Waals surface area contributed by atoms with Crippen LogP contribution in [0.4, 0.5) is 0 Å². The van der Waals surface area contributed by atoms with Crippen molar-refractivity contribution in [3.63, 3.8) is 0 Å². The van der Waals surface area contributed by atoms with E-state index in [4.69, 9.17) is 4.98 Å². The second kappa shape index (κ2) is 7.87. The molecule has 4 nitrogen and oxygen atoms in total. The highest BCUT2D eigenvalue weighted by atomic mass is 32.1. The molecule has 1 amide bonds. The summed E-state index contributed by atoms with van der Waals surface area (Å²) in [5.41, 5.74) is 3.01. The van der Waals surface area contributed by atoms with Crippen molar-refractivity contribution in [2.45, 2.75) is 38.5 Å². The number of hydrogen-bond acceptors (Lipinski definition) is 3. The van der Waals surface area contributed by atoms with Crippen LogP contribution in [0.3, 0.4) is 0 Å². The average Bonchev–Trinajstić information content (AvgIpc) is 3.34. The van der Waals surface area contributed by atoms with Crippen LogP contribution in [0, 0.1) is 0 Å². The van der Waals surface area contributed by atoms with E-state index in [0.717, 1.165) is 24.9 Å². The number of thiazole rings is 1. The highest BCUT2D eigenvalue weighted by Crippen LogP contribution is 2.27. The van der Waals surface area contributed by atoms with Gasteiger partial charge >= 0.3 is 0 Å². The fourth-order valence-corrected chi connectivity index (χ4v) is 4.57. The van der Waals surface area contributed by atoms with Crippen LogP contribution in [0.15, 0.2) is 48.8 Å². The molecule has 1 N–H and O–H groups in total. The smallest absolute Gasteiger partial charge is 0.251 e. The number of fused-ring (bicyclic) bond motifs is 1. The Morgan fingerprint density at radius 1 is 1.15 bits per heavy atom. The molecule has 4 rings (SSSR count). The summed E-state index contributed by atoms with van der Waals surface area (Å²) in [6.45, 7) is 0.677. The number of nitrogens with zero attached hydrogens (tertiary/aromatic N) is 2. The van der Waals surface area contributed by atoms with E-state index < -0.39 is 0 Å². The molecular weight excluding hydrogens is 342 g/mol. The molecule has 0 spiro atoms. The van der Waals surface area contributed by atoms with Gasteiger partial charge in [-0.15, -0.1) is 11.3 Å². The third kappa shape index (κ3) is 3.88. The molecule has 1 aliphatic carbocycles. The second-order valence-corrected chi connectivity index (χ2v) is 7.85. The summed E-state index contributed by atoms with van der Waals surface area (Å²) in [5.74, 6) is -0.0163. The lowest BCUT2D eigenvalue weighted by Crippen LogP contribution is -2.24. The van der Waals surface area contributed by atoms with Crippen LogP contribution in [0.1, 0.15) is 45.2 Å². The van der Waals surface area contributed by atoms with Crippen molar-refractivity contribution >= 4 is 17.2 Å². The first-order valence-corrected chi connectivity index (χ1v) is 10.1. The first kappa shape index (κ1) is 17.0. The first-order chi connectivity index (χ1) is 12.8. The van der Waals surface area contributed by atoms with Gasteiger partial charge in [-0.05, 0) is 62.4 Å². The number of aryl methyl sites for hydroxylation is 3. The van der Waals surface area contributed by atoms with Gasteiger partial charge in [-0.1, -0.05) is 6.07 Å². The summed E-state index contributed by atoms with van der Waals surface area (Å²) in [6.07, 6.45) is 10.7. The van der Waals surface area contributed by atoms with Crippen molar-refractivity contribution in [3.8, 4) is 5.69 Å². The molecule has 2 heterocycles. The van der Waals surface area contributed by atoms with Gasteiger partial charge in [0.15, 0.2) is 0 Å². The number of amides is 1. The van der Waals surface area contributed by atoms with Crippen molar-refractivity contribution in [2.75, 3.05) is 6.54 Å². The second-order valence-electron chi connectivity index (χ2n) is 6.68. The van der Waals surface area contributed by atoms with Gasteiger partial charge in [-0.25, -0.2) is 4.98 Å². The largest absolute Gasteiger partial charge is 0.352 e. The van der Waals surface area contributed by atoms with Crippen LogP contribution in [0.5, 0.6) is 0 Å². The third-order valence-electron chi connectivity index (χ3n) is 4.75. The molecule has 3 aromatic rings. The zero-order valence-corrected chi connectivity index (χ0v) is 15.6. The normalized spacial score (nSPS) is 13.4. The molecule has 1 aliphatic rings. The molecule has 0 saturated carbocycles. The van der Waals surface area contributed by atoms with Crippen LogP contribution >= 0.6 is 11.3 Å². The van der Waals surface area contributed by atoms with E-state index in [1.807, 2.05) is 64.7 Å². The fourth-order valence-electron chi connectivity index (χ4n) is 3.37. The molecule has 0 unspecified atom stereocenters. The lowest BCUT2D eigenvalue weighted by molar-refractivity contribution is 0.0953. The van der Waals surface area contributed by atoms with E-state index in [2.05, 4.69) is 5.32 Å². The van der Waals surface area contributed by atoms with E-state index in [9.17, 15) is 4.79 Å². The average molecular weight is 366 g/mol. The van der Waals surface area contributed by atoms with E-state index in [1.165, 1.54) is 34.8 Å². The lowest BCUT2D eigenvalue weighted by atomic mass is 10.0. The minimum atomic E-state index is -0.0163. The number of carbonyl (C=O) groups excluding carboxylic acids is 1. The first-order valence-electron chi connectivity index (χ1n) is 9.29. The predicted molar refractivity (Wildman–Crippen MR) is 105 cm³/mol. The predicted octanol–water partition coefficient (Wildman–Crippen LogP) is 4.18. The standard InChI is InChI=1S/C21H23N3OS/c25-21(16-7-5-8-17(15-16)24-13-3-4-14-24)22-12-6-11-20-23-18-9-1-2-10-19(18)26-20/h3-5,7-8,13-15H,1-2,6,9-12H2,(H,22,25). The highest BCUT2D eigenvalue weighted by Gasteiger charge is 2.14. The maximum atomic E-state index is 12.4. The number of rotatable bonds is 6. The van der Waals surface area contributed by atoms with Crippen molar-refractivity contribution < 1.29 is 4.79 Å². The van der Waals surface area contributed by atoms with Gasteiger partial charge in [0.25, 0.3) is 5.91 Å². The lowest BCUT2D eigenvalue weighted by Gasteiger charge is -2.07. The van der Waals surface area contributed by atoms with Gasteiger partial charge in [0.05, 0.1) is 10.7 Å². The molecule has 26 heavy (non-hydrogen) atoms. The van der Waals surface area contributed by atoms with Gasteiger partial charge < -0.3 is 9.88 Å². The summed E-state index contributed by atoms with van der Waals surface area (Å²) in [4.78, 5) is 18.7. The Kier molecular flexibility index (Phi) is 5.16. The number of benzene rings is 1. The van der Waals surface area contributed by atoms with Crippen LogP contribution in [-0.4, -0.2) is 22.0 Å². The maximum absolute atomic E-state index is 12.4. The van der Waals surface area contributed by atoms with E-state index in [0.29, 0.717) is 12.1 Å². The van der Waals surface area contributed by atoms with E-state index >= 15 is 0 Å². The number of aromatic nitrogens is 2. The molecule has 2 aromatic heterocycles. The summed E-state index contributed by atoms with van der Waals surface area (Å²) >= 11 is 1.86. The SMILES string of the molecule is O=C(NCCCc1nc2c(s1)CCCC2)c1cccc(-n2cccc2)c1. The highest BCUT2D eigenvalue weighted by molar-refractivity contribution is 7.11. The summed E-state index contributed by atoms with van der Waals surface area (Å²) in [6, 6.07) is 11.7. The molecule has 134 valence electrons. The molecule has 5 heteroatoms. The topological polar surface area (TPSA) is 46.9 Å². The summed E-state index contributed by atoms with van der Waals surface area (Å²) in [7, 11) is 0. The molecule has 0 atom stereocenters. The zero-order valence-electron chi connectivity index (χ0n) is 14.8. The Labute approximate surface area is 157 Å². The Balaban J connectivity index is 1.29. The van der Waals surface area contributed by atoms with Crippen LogP contribution in [0.2, 0.25) is 0 Å². The van der Waals surface area contributed by atoms with Crippen molar-refractivity contribution in [3.05, 3.63) is 69.9 Å². The van der Waals surface area contributed by atoms with Gasteiger partial charge in [-0.3, -0.25) is 4.79 Å². The molecule has 1 aromatic carbocycles. The quantitative estimate of drug-likeness (QED) is 0.666. The minimum Gasteiger partial charge on any atom is -0.352 e. The number of nitrogens with one attached hydrogen (secondary N) is 1. The van der Waals surface area contributed by atoms with E-state index in [-0.39, 0.29) is 5.91 Å². The van der Waals surface area contributed by atoms with Crippen LogP contribution < -0.4 is 5.32 Å². The molecule has 0 saturated heterocycles. The third-order valence-corrected chi connectivity index (χ3v) is 5.97. The van der Waals surface area contributed by atoms with Crippen molar-refractivity contribution in [2.24, 2.45) is 0 Å². The summed E-state index contributed by atoms with van der Waals surface area (Å²) < 4.78 is 2.00. The van der Waals surface area contributed by atoms with E-state index in [1.54, 1.807) is 0 Å². The summed E-state index contributed by atoms with van der Waals surface area (Å²) in [5, 5.41) is 4.26. The zero-order chi connectivity index (χ0) is 17.8.